The first-order chi connectivity index (χ1) is 16.0. The number of carbonyl (C=O) groups is 3. The average molecular weight is 496 g/mol. The molecule has 2 aromatic carbocycles. The van der Waals surface area contributed by atoms with E-state index in [0.717, 1.165) is 33.1 Å². The van der Waals surface area contributed by atoms with Gasteiger partial charge in [0.15, 0.2) is 0 Å². The van der Waals surface area contributed by atoms with Gasteiger partial charge in [-0.1, -0.05) is 47.0 Å². The summed E-state index contributed by atoms with van der Waals surface area (Å²) in [4.78, 5) is 39.3. The van der Waals surface area contributed by atoms with E-state index in [4.69, 9.17) is 23.2 Å². The molecule has 0 bridgehead atoms. The molecule has 0 saturated carbocycles. The lowest BCUT2D eigenvalue weighted by Gasteiger charge is -2.27. The van der Waals surface area contributed by atoms with E-state index >= 15 is 0 Å². The maximum atomic E-state index is 13.3. The first kappa shape index (κ1) is 23.8. The maximum absolute atomic E-state index is 13.3. The highest BCUT2D eigenvalue weighted by molar-refractivity contribution is 6.46. The number of aryl methyl sites for hydroxylation is 4. The van der Waals surface area contributed by atoms with E-state index in [-0.39, 0.29) is 21.3 Å². The topological polar surface area (TPSA) is 71.4 Å². The van der Waals surface area contributed by atoms with Gasteiger partial charge < -0.3 is 4.57 Å². The van der Waals surface area contributed by atoms with Crippen molar-refractivity contribution >= 4 is 52.8 Å². The average Bonchev–Trinajstić information content (AvgIpc) is 3.01. The Morgan fingerprint density at radius 3 is 2.21 bits per heavy atom. The largest absolute Gasteiger partial charge is 0.336 e. The molecule has 0 atom stereocenters. The van der Waals surface area contributed by atoms with Crippen LogP contribution in [0.15, 0.2) is 42.0 Å². The summed E-state index contributed by atoms with van der Waals surface area (Å²) < 4.78 is 2.11. The van der Waals surface area contributed by atoms with Crippen LogP contribution < -0.4 is 10.2 Å². The molecule has 174 valence electrons. The van der Waals surface area contributed by atoms with Crippen molar-refractivity contribution in [2.24, 2.45) is 0 Å². The van der Waals surface area contributed by atoms with Crippen LogP contribution in [-0.4, -0.2) is 22.4 Å². The van der Waals surface area contributed by atoms with Crippen LogP contribution >= 0.6 is 23.2 Å². The third kappa shape index (κ3) is 3.93. The predicted octanol–water partition coefficient (Wildman–Crippen LogP) is 5.99. The third-order valence-corrected chi connectivity index (χ3v) is 6.71. The van der Waals surface area contributed by atoms with E-state index in [1.54, 1.807) is 12.1 Å². The highest BCUT2D eigenvalue weighted by atomic mass is 35.5. The summed E-state index contributed by atoms with van der Waals surface area (Å²) in [5, 5.41) is 2.46. The summed E-state index contributed by atoms with van der Waals surface area (Å²) in [5.74, 6) is -1.54. The SMILES string of the molecule is Cc1cc(C)c(-n2c(C)cc(/C=C3\C(=O)NC(=O)N(c4cccc(Cl)c4Cl)C3=O)c2C)c(C)c1. The smallest absolute Gasteiger partial charge is 0.317 e. The number of nitrogens with zero attached hydrogens (tertiary/aromatic N) is 2. The van der Waals surface area contributed by atoms with Gasteiger partial charge in [-0.15, -0.1) is 0 Å². The number of anilines is 1. The summed E-state index contributed by atoms with van der Waals surface area (Å²) in [7, 11) is 0. The Bertz CT molecular complexity index is 1400. The first-order valence-corrected chi connectivity index (χ1v) is 11.4. The number of aromatic nitrogens is 1. The van der Waals surface area contributed by atoms with Crippen LogP contribution in [0, 0.1) is 34.6 Å². The summed E-state index contributed by atoms with van der Waals surface area (Å²) in [6.07, 6.45) is 1.51. The van der Waals surface area contributed by atoms with Gasteiger partial charge in [0.05, 0.1) is 21.4 Å². The molecule has 8 heteroatoms. The monoisotopic (exact) mass is 495 g/mol. The number of nitrogens with one attached hydrogen (secondary N) is 1. The van der Waals surface area contributed by atoms with Gasteiger partial charge in [0.2, 0.25) is 0 Å². The summed E-state index contributed by atoms with van der Waals surface area (Å²) in [6.45, 7) is 10.1. The number of imide groups is 2. The van der Waals surface area contributed by atoms with Gasteiger partial charge in [-0.25, -0.2) is 9.69 Å². The molecule has 0 spiro atoms. The number of hydrogen-bond donors (Lipinski definition) is 1. The van der Waals surface area contributed by atoms with Gasteiger partial charge in [0.25, 0.3) is 11.8 Å². The fraction of sp³-hybridized carbons (Fsp3) is 0.192. The van der Waals surface area contributed by atoms with E-state index in [0.29, 0.717) is 5.56 Å². The van der Waals surface area contributed by atoms with Gasteiger partial charge >= 0.3 is 6.03 Å². The molecule has 3 aromatic rings. The van der Waals surface area contributed by atoms with Crippen molar-refractivity contribution in [2.75, 3.05) is 4.90 Å². The lowest BCUT2D eigenvalue weighted by molar-refractivity contribution is -0.122. The summed E-state index contributed by atoms with van der Waals surface area (Å²) >= 11 is 12.3. The normalized spacial score (nSPS) is 15.3. The van der Waals surface area contributed by atoms with E-state index < -0.39 is 17.8 Å². The molecule has 1 saturated heterocycles. The molecule has 0 aliphatic carbocycles. The van der Waals surface area contributed by atoms with Gasteiger partial charge in [-0.05, 0) is 75.6 Å². The molecule has 34 heavy (non-hydrogen) atoms. The first-order valence-electron chi connectivity index (χ1n) is 10.6. The molecule has 1 N–H and O–H groups in total. The number of amides is 4. The van der Waals surface area contributed by atoms with Crippen molar-refractivity contribution in [3.05, 3.63) is 85.7 Å². The molecule has 6 nitrogen and oxygen atoms in total. The van der Waals surface area contributed by atoms with E-state index in [1.807, 2.05) is 19.9 Å². The fourth-order valence-corrected chi connectivity index (χ4v) is 4.88. The number of carbonyl (C=O) groups excluding carboxylic acids is 3. The van der Waals surface area contributed by atoms with Crippen molar-refractivity contribution in [1.29, 1.82) is 0 Å². The van der Waals surface area contributed by atoms with Crippen LogP contribution in [-0.2, 0) is 9.59 Å². The van der Waals surface area contributed by atoms with E-state index in [9.17, 15) is 14.4 Å². The molecule has 4 amide bonds. The molecule has 4 rings (SSSR count). The molecule has 1 aliphatic rings. The zero-order valence-electron chi connectivity index (χ0n) is 19.4. The Hall–Kier alpha value is -3.35. The minimum Gasteiger partial charge on any atom is -0.317 e. The van der Waals surface area contributed by atoms with Gasteiger partial charge in [0.1, 0.15) is 5.57 Å². The molecular weight excluding hydrogens is 473 g/mol. The van der Waals surface area contributed by atoms with Crippen LogP contribution in [0.5, 0.6) is 0 Å². The highest BCUT2D eigenvalue weighted by Gasteiger charge is 2.38. The Kier molecular flexibility index (Phi) is 6.14. The third-order valence-electron chi connectivity index (χ3n) is 5.90. The zero-order chi connectivity index (χ0) is 24.9. The minimum absolute atomic E-state index is 0.0462. The Morgan fingerprint density at radius 2 is 1.56 bits per heavy atom. The summed E-state index contributed by atoms with van der Waals surface area (Å²) in [5.41, 5.74) is 6.93. The molecule has 1 fully saturated rings. The van der Waals surface area contributed by atoms with E-state index in [2.05, 4.69) is 42.8 Å². The van der Waals surface area contributed by atoms with Gasteiger partial charge in [-0.3, -0.25) is 14.9 Å². The van der Waals surface area contributed by atoms with Crippen LogP contribution in [0.3, 0.4) is 0 Å². The number of urea groups is 1. The molecule has 0 unspecified atom stereocenters. The Balaban J connectivity index is 1.82. The molecule has 1 aliphatic heterocycles. The fourth-order valence-electron chi connectivity index (χ4n) is 4.50. The van der Waals surface area contributed by atoms with Gasteiger partial charge in [0, 0.05) is 11.4 Å². The van der Waals surface area contributed by atoms with Crippen molar-refractivity contribution in [3.63, 3.8) is 0 Å². The number of barbiturate groups is 1. The number of rotatable bonds is 3. The van der Waals surface area contributed by atoms with Crippen molar-refractivity contribution in [1.82, 2.24) is 9.88 Å². The van der Waals surface area contributed by atoms with Crippen molar-refractivity contribution in [3.8, 4) is 5.69 Å². The zero-order valence-corrected chi connectivity index (χ0v) is 20.9. The maximum Gasteiger partial charge on any atom is 0.336 e. The van der Waals surface area contributed by atoms with Gasteiger partial charge in [-0.2, -0.15) is 0 Å². The standard InChI is InChI=1S/C26H23Cl2N3O3/c1-13-9-14(2)23(15(3)10-13)30-16(4)11-18(17(30)5)12-19-24(32)29-26(34)31(25(19)33)21-8-6-7-20(27)22(21)28/h6-12H,1-5H3,(H,29,32,34)/b19-12+. The number of hydrogen-bond acceptors (Lipinski definition) is 3. The lowest BCUT2D eigenvalue weighted by atomic mass is 10.0. The van der Waals surface area contributed by atoms with Crippen LogP contribution in [0.4, 0.5) is 10.5 Å². The quantitative estimate of drug-likeness (QED) is 0.358. The van der Waals surface area contributed by atoms with Crippen LogP contribution in [0.25, 0.3) is 11.8 Å². The highest BCUT2D eigenvalue weighted by Crippen LogP contribution is 2.35. The number of halogens is 2. The van der Waals surface area contributed by atoms with Crippen LogP contribution in [0.2, 0.25) is 10.0 Å². The Labute approximate surface area is 207 Å². The Morgan fingerprint density at radius 1 is 0.912 bits per heavy atom. The van der Waals surface area contributed by atoms with Crippen molar-refractivity contribution in [2.45, 2.75) is 34.6 Å². The second-order valence-corrected chi connectivity index (χ2v) is 9.23. The second-order valence-electron chi connectivity index (χ2n) is 8.44. The molecular formula is C26H23Cl2N3O3. The number of benzene rings is 2. The van der Waals surface area contributed by atoms with Crippen LogP contribution in [0.1, 0.15) is 33.6 Å². The minimum atomic E-state index is -0.882. The lowest BCUT2D eigenvalue weighted by Crippen LogP contribution is -2.54. The molecule has 1 aromatic heterocycles. The van der Waals surface area contributed by atoms with E-state index in [1.165, 1.54) is 17.7 Å². The van der Waals surface area contributed by atoms with Crippen molar-refractivity contribution < 1.29 is 14.4 Å². The molecule has 2 heterocycles. The molecule has 0 radical (unpaired) electrons. The summed E-state index contributed by atoms with van der Waals surface area (Å²) in [6, 6.07) is 9.89. The predicted molar refractivity (Wildman–Crippen MR) is 135 cm³/mol. The second kappa shape index (κ2) is 8.78.